The number of carbonyl (C=O) groups is 1. The molecule has 1 aromatic heterocycles. The van der Waals surface area contributed by atoms with Crippen LogP contribution in [0.3, 0.4) is 0 Å². The Bertz CT molecular complexity index is 935. The van der Waals surface area contributed by atoms with Crippen molar-refractivity contribution in [1.82, 2.24) is 15.1 Å². The summed E-state index contributed by atoms with van der Waals surface area (Å²) in [5.41, 5.74) is 2.80. The number of nitrogens with one attached hydrogen (secondary N) is 1. The van der Waals surface area contributed by atoms with Crippen molar-refractivity contribution < 1.29 is 9.53 Å². The van der Waals surface area contributed by atoms with Gasteiger partial charge in [-0.3, -0.25) is 4.79 Å². The number of hydrogen-bond acceptors (Lipinski definition) is 3. The van der Waals surface area contributed by atoms with Gasteiger partial charge in [-0.15, -0.1) is 0 Å². The van der Waals surface area contributed by atoms with Crippen LogP contribution in [-0.2, 0) is 0 Å². The molecule has 0 aliphatic heterocycles. The van der Waals surface area contributed by atoms with Gasteiger partial charge in [0.15, 0.2) is 0 Å². The standard InChI is InChI=1S/C21H22ClN3O2/c1-4-14(2)23-21(26)20-13-19(15-6-5-7-18(12-15)27-3)24-25(20)17-10-8-16(22)9-11-17/h5-14H,4H2,1-3H3,(H,23,26). The Morgan fingerprint density at radius 3 is 2.63 bits per heavy atom. The summed E-state index contributed by atoms with van der Waals surface area (Å²) in [4.78, 5) is 12.8. The lowest BCUT2D eigenvalue weighted by molar-refractivity contribution is 0.0931. The van der Waals surface area contributed by atoms with E-state index < -0.39 is 0 Å². The first-order chi connectivity index (χ1) is 13.0. The summed E-state index contributed by atoms with van der Waals surface area (Å²) in [5, 5.41) is 8.30. The van der Waals surface area contributed by atoms with Gasteiger partial charge in [-0.1, -0.05) is 30.7 Å². The minimum absolute atomic E-state index is 0.0753. The van der Waals surface area contributed by atoms with Crippen LogP contribution in [0.4, 0.5) is 0 Å². The summed E-state index contributed by atoms with van der Waals surface area (Å²) in [6.07, 6.45) is 0.851. The van der Waals surface area contributed by atoms with Gasteiger partial charge >= 0.3 is 0 Å². The van der Waals surface area contributed by atoms with Gasteiger partial charge in [-0.05, 0) is 55.8 Å². The normalized spacial score (nSPS) is 11.9. The number of amides is 1. The van der Waals surface area contributed by atoms with Crippen molar-refractivity contribution in [2.45, 2.75) is 26.3 Å². The Morgan fingerprint density at radius 2 is 1.96 bits per heavy atom. The average Bonchev–Trinajstić information content (AvgIpc) is 3.14. The number of aromatic nitrogens is 2. The van der Waals surface area contributed by atoms with E-state index in [1.165, 1.54) is 0 Å². The van der Waals surface area contributed by atoms with Crippen LogP contribution in [0.25, 0.3) is 16.9 Å². The van der Waals surface area contributed by atoms with E-state index >= 15 is 0 Å². The molecule has 0 bridgehead atoms. The predicted octanol–water partition coefficient (Wildman–Crippen LogP) is 4.73. The van der Waals surface area contributed by atoms with Crippen molar-refractivity contribution in [3.8, 4) is 22.7 Å². The van der Waals surface area contributed by atoms with E-state index in [0.717, 1.165) is 23.4 Å². The van der Waals surface area contributed by atoms with Crippen LogP contribution < -0.4 is 10.1 Å². The number of methoxy groups -OCH3 is 1. The molecule has 3 rings (SSSR count). The highest BCUT2D eigenvalue weighted by molar-refractivity contribution is 6.30. The zero-order valence-electron chi connectivity index (χ0n) is 15.6. The first-order valence-electron chi connectivity index (χ1n) is 8.83. The van der Waals surface area contributed by atoms with E-state index in [1.807, 2.05) is 50.2 Å². The van der Waals surface area contributed by atoms with E-state index in [1.54, 1.807) is 30.0 Å². The number of rotatable bonds is 6. The van der Waals surface area contributed by atoms with Gasteiger partial charge in [-0.25, -0.2) is 4.68 Å². The predicted molar refractivity (Wildman–Crippen MR) is 108 cm³/mol. The molecule has 0 spiro atoms. The fourth-order valence-corrected chi connectivity index (χ4v) is 2.77. The molecule has 0 saturated heterocycles. The number of hydrogen-bond donors (Lipinski definition) is 1. The Morgan fingerprint density at radius 1 is 1.22 bits per heavy atom. The molecular weight excluding hydrogens is 362 g/mol. The first kappa shape index (κ1) is 19.0. The summed E-state index contributed by atoms with van der Waals surface area (Å²) < 4.78 is 6.94. The highest BCUT2D eigenvalue weighted by atomic mass is 35.5. The molecule has 1 heterocycles. The average molecular weight is 384 g/mol. The van der Waals surface area contributed by atoms with E-state index in [-0.39, 0.29) is 11.9 Å². The number of carbonyl (C=O) groups excluding carboxylic acids is 1. The molecule has 0 aliphatic rings. The molecule has 0 saturated carbocycles. The number of benzene rings is 2. The van der Waals surface area contributed by atoms with Crippen LogP contribution >= 0.6 is 11.6 Å². The molecule has 0 fully saturated rings. The van der Waals surface area contributed by atoms with Crippen LogP contribution in [0, 0.1) is 0 Å². The topological polar surface area (TPSA) is 56.1 Å². The summed E-state index contributed by atoms with van der Waals surface area (Å²) >= 11 is 6.00. The number of ether oxygens (including phenoxy) is 1. The van der Waals surface area contributed by atoms with Gasteiger partial charge in [0.2, 0.25) is 0 Å². The molecular formula is C21H22ClN3O2. The molecule has 1 atom stereocenters. The van der Waals surface area contributed by atoms with Crippen molar-refractivity contribution in [1.29, 1.82) is 0 Å². The largest absolute Gasteiger partial charge is 0.497 e. The third-order valence-corrected chi connectivity index (χ3v) is 4.62. The summed E-state index contributed by atoms with van der Waals surface area (Å²) in [5.74, 6) is 0.570. The van der Waals surface area contributed by atoms with Crippen molar-refractivity contribution in [3.05, 3.63) is 65.3 Å². The number of nitrogens with zero attached hydrogens (tertiary/aromatic N) is 2. The molecule has 3 aromatic rings. The molecule has 2 aromatic carbocycles. The molecule has 6 heteroatoms. The van der Waals surface area contributed by atoms with Gasteiger partial charge in [0.25, 0.3) is 5.91 Å². The molecule has 1 N–H and O–H groups in total. The van der Waals surface area contributed by atoms with Crippen LogP contribution in [-0.4, -0.2) is 28.8 Å². The summed E-state index contributed by atoms with van der Waals surface area (Å²) in [7, 11) is 1.62. The van der Waals surface area contributed by atoms with E-state index in [2.05, 4.69) is 10.4 Å². The highest BCUT2D eigenvalue weighted by Gasteiger charge is 2.19. The van der Waals surface area contributed by atoms with Crippen molar-refractivity contribution >= 4 is 17.5 Å². The summed E-state index contributed by atoms with van der Waals surface area (Å²) in [6.45, 7) is 4.01. The van der Waals surface area contributed by atoms with Gasteiger partial charge in [0.05, 0.1) is 18.5 Å². The van der Waals surface area contributed by atoms with Gasteiger partial charge in [0, 0.05) is 16.6 Å². The van der Waals surface area contributed by atoms with Gasteiger partial charge < -0.3 is 10.1 Å². The lowest BCUT2D eigenvalue weighted by Gasteiger charge is -2.12. The van der Waals surface area contributed by atoms with Crippen molar-refractivity contribution in [2.75, 3.05) is 7.11 Å². The molecule has 1 amide bonds. The van der Waals surface area contributed by atoms with Crippen molar-refractivity contribution in [3.63, 3.8) is 0 Å². The second kappa shape index (κ2) is 8.27. The van der Waals surface area contributed by atoms with Gasteiger partial charge in [0.1, 0.15) is 11.4 Å². The smallest absolute Gasteiger partial charge is 0.270 e. The summed E-state index contributed by atoms with van der Waals surface area (Å²) in [6, 6.07) is 16.7. The van der Waals surface area contributed by atoms with Gasteiger partial charge in [-0.2, -0.15) is 5.10 Å². The Balaban J connectivity index is 2.07. The zero-order valence-corrected chi connectivity index (χ0v) is 16.3. The second-order valence-electron chi connectivity index (χ2n) is 6.32. The Kier molecular flexibility index (Phi) is 5.81. The fourth-order valence-electron chi connectivity index (χ4n) is 2.65. The van der Waals surface area contributed by atoms with Crippen LogP contribution in [0.2, 0.25) is 5.02 Å². The molecule has 5 nitrogen and oxygen atoms in total. The highest BCUT2D eigenvalue weighted by Crippen LogP contribution is 2.25. The van der Waals surface area contributed by atoms with Crippen LogP contribution in [0.15, 0.2) is 54.6 Å². The lowest BCUT2D eigenvalue weighted by atomic mass is 10.1. The van der Waals surface area contributed by atoms with Crippen molar-refractivity contribution in [2.24, 2.45) is 0 Å². The van der Waals surface area contributed by atoms with E-state index in [4.69, 9.17) is 16.3 Å². The maximum atomic E-state index is 12.8. The van der Waals surface area contributed by atoms with E-state index in [0.29, 0.717) is 16.4 Å². The lowest BCUT2D eigenvalue weighted by Crippen LogP contribution is -2.33. The number of halogens is 1. The SMILES string of the molecule is CCC(C)NC(=O)c1cc(-c2cccc(OC)c2)nn1-c1ccc(Cl)cc1. The molecule has 1 unspecified atom stereocenters. The molecule has 0 radical (unpaired) electrons. The third kappa shape index (κ3) is 4.31. The minimum Gasteiger partial charge on any atom is -0.497 e. The molecule has 140 valence electrons. The second-order valence-corrected chi connectivity index (χ2v) is 6.75. The maximum absolute atomic E-state index is 12.8. The monoisotopic (exact) mass is 383 g/mol. The third-order valence-electron chi connectivity index (χ3n) is 4.37. The first-order valence-corrected chi connectivity index (χ1v) is 9.21. The Labute approximate surface area is 163 Å². The van der Waals surface area contributed by atoms with Crippen LogP contribution in [0.5, 0.6) is 5.75 Å². The maximum Gasteiger partial charge on any atom is 0.270 e. The zero-order chi connectivity index (χ0) is 19.4. The minimum atomic E-state index is -0.166. The van der Waals surface area contributed by atoms with E-state index in [9.17, 15) is 4.79 Å². The molecule has 27 heavy (non-hydrogen) atoms. The van der Waals surface area contributed by atoms with Crippen LogP contribution in [0.1, 0.15) is 30.8 Å². The molecule has 0 aliphatic carbocycles. The Hall–Kier alpha value is -2.79. The fraction of sp³-hybridized carbons (Fsp3) is 0.238. The quantitative estimate of drug-likeness (QED) is 0.669.